The van der Waals surface area contributed by atoms with E-state index in [1.54, 1.807) is 13.8 Å². The largest absolute Gasteiger partial charge is 0.349 e. The maximum absolute atomic E-state index is 11.7. The molecule has 0 atom stereocenters. The molecule has 3 heteroatoms. The van der Waals surface area contributed by atoms with Crippen LogP contribution in [0.1, 0.15) is 53.9 Å². The molecule has 0 aromatic rings. The third-order valence-electron chi connectivity index (χ3n) is 2.99. The van der Waals surface area contributed by atoms with E-state index in [0.717, 1.165) is 19.3 Å². The van der Waals surface area contributed by atoms with E-state index in [4.69, 9.17) is 5.73 Å². The SMILES string of the molecule is CCC(CC)(CC)NC(=O)C(C)(C)N. The van der Waals surface area contributed by atoms with Gasteiger partial charge >= 0.3 is 0 Å². The Hall–Kier alpha value is -0.570. The zero-order valence-electron chi connectivity index (χ0n) is 10.1. The van der Waals surface area contributed by atoms with Crippen molar-refractivity contribution in [1.82, 2.24) is 5.32 Å². The predicted octanol–water partition coefficient (Wildman–Crippen LogP) is 1.81. The van der Waals surface area contributed by atoms with Crippen molar-refractivity contribution in [3.05, 3.63) is 0 Å². The number of carbonyl (C=O) groups is 1. The molecule has 0 heterocycles. The van der Waals surface area contributed by atoms with E-state index in [1.807, 2.05) is 0 Å². The second-order valence-electron chi connectivity index (χ2n) is 4.52. The number of carbonyl (C=O) groups excluding carboxylic acids is 1. The van der Waals surface area contributed by atoms with Crippen LogP contribution in [0.15, 0.2) is 0 Å². The second kappa shape index (κ2) is 4.78. The average Bonchev–Trinajstić information content (AvgIpc) is 2.12. The summed E-state index contributed by atoms with van der Waals surface area (Å²) in [5.41, 5.74) is 4.88. The van der Waals surface area contributed by atoms with Gasteiger partial charge in [-0.25, -0.2) is 0 Å². The first-order valence-corrected chi connectivity index (χ1v) is 5.42. The molecule has 0 aliphatic rings. The number of nitrogens with one attached hydrogen (secondary N) is 1. The molecule has 0 bridgehead atoms. The summed E-state index contributed by atoms with van der Waals surface area (Å²) in [6.07, 6.45) is 2.84. The number of amides is 1. The molecule has 0 spiro atoms. The summed E-state index contributed by atoms with van der Waals surface area (Å²) < 4.78 is 0. The average molecular weight is 200 g/mol. The third-order valence-corrected chi connectivity index (χ3v) is 2.99. The van der Waals surface area contributed by atoms with Gasteiger partial charge in [-0.1, -0.05) is 20.8 Å². The van der Waals surface area contributed by atoms with E-state index in [1.165, 1.54) is 0 Å². The molecule has 0 aliphatic heterocycles. The van der Waals surface area contributed by atoms with Gasteiger partial charge < -0.3 is 11.1 Å². The van der Waals surface area contributed by atoms with E-state index >= 15 is 0 Å². The zero-order valence-corrected chi connectivity index (χ0v) is 10.1. The maximum atomic E-state index is 11.7. The van der Waals surface area contributed by atoms with Crippen molar-refractivity contribution in [3.8, 4) is 0 Å². The van der Waals surface area contributed by atoms with Crippen molar-refractivity contribution in [2.45, 2.75) is 65.0 Å². The summed E-state index contributed by atoms with van der Waals surface area (Å²) in [4.78, 5) is 11.7. The molecular formula is C11H24N2O. The van der Waals surface area contributed by atoms with E-state index < -0.39 is 5.54 Å². The molecule has 0 radical (unpaired) electrons. The minimum Gasteiger partial charge on any atom is -0.349 e. The van der Waals surface area contributed by atoms with Gasteiger partial charge in [-0.05, 0) is 33.1 Å². The number of rotatable bonds is 5. The van der Waals surface area contributed by atoms with Gasteiger partial charge in [0.2, 0.25) is 5.91 Å². The fourth-order valence-corrected chi connectivity index (χ4v) is 1.42. The zero-order chi connectivity index (χ0) is 11.4. The number of nitrogens with two attached hydrogens (primary N) is 1. The van der Waals surface area contributed by atoms with Crippen molar-refractivity contribution < 1.29 is 4.79 Å². The van der Waals surface area contributed by atoms with E-state index in [2.05, 4.69) is 26.1 Å². The van der Waals surface area contributed by atoms with Crippen LogP contribution < -0.4 is 11.1 Å². The smallest absolute Gasteiger partial charge is 0.239 e. The Balaban J connectivity index is 4.54. The van der Waals surface area contributed by atoms with Crippen LogP contribution in [0.2, 0.25) is 0 Å². The highest BCUT2D eigenvalue weighted by Crippen LogP contribution is 2.20. The van der Waals surface area contributed by atoms with Crippen LogP contribution >= 0.6 is 0 Å². The molecule has 84 valence electrons. The van der Waals surface area contributed by atoms with Gasteiger partial charge in [0.05, 0.1) is 5.54 Å². The Kier molecular flexibility index (Phi) is 4.59. The van der Waals surface area contributed by atoms with Gasteiger partial charge in [-0.15, -0.1) is 0 Å². The highest BCUT2D eigenvalue weighted by Gasteiger charge is 2.31. The van der Waals surface area contributed by atoms with Crippen LogP contribution in [0.3, 0.4) is 0 Å². The molecule has 0 saturated carbocycles. The van der Waals surface area contributed by atoms with Gasteiger partial charge in [0.15, 0.2) is 0 Å². The summed E-state index contributed by atoms with van der Waals surface area (Å²) in [6, 6.07) is 0. The normalized spacial score (nSPS) is 12.7. The minimum atomic E-state index is -0.787. The van der Waals surface area contributed by atoms with Crippen molar-refractivity contribution in [3.63, 3.8) is 0 Å². The van der Waals surface area contributed by atoms with Gasteiger partial charge in [0.1, 0.15) is 0 Å². The van der Waals surface area contributed by atoms with Crippen molar-refractivity contribution in [2.24, 2.45) is 5.73 Å². The van der Waals surface area contributed by atoms with Gasteiger partial charge in [-0.3, -0.25) is 4.79 Å². The van der Waals surface area contributed by atoms with Crippen molar-refractivity contribution in [2.75, 3.05) is 0 Å². The fourth-order valence-electron chi connectivity index (χ4n) is 1.42. The molecule has 0 aliphatic carbocycles. The maximum Gasteiger partial charge on any atom is 0.239 e. The molecule has 3 nitrogen and oxygen atoms in total. The Bertz CT molecular complexity index is 182. The Morgan fingerprint density at radius 2 is 1.50 bits per heavy atom. The highest BCUT2D eigenvalue weighted by molar-refractivity contribution is 5.85. The van der Waals surface area contributed by atoms with Crippen LogP contribution in [-0.2, 0) is 4.79 Å². The predicted molar refractivity (Wildman–Crippen MR) is 60.0 cm³/mol. The first-order chi connectivity index (χ1) is 6.31. The minimum absolute atomic E-state index is 0.0666. The Labute approximate surface area is 87.4 Å². The summed E-state index contributed by atoms with van der Waals surface area (Å²) in [5.74, 6) is -0.0666. The lowest BCUT2D eigenvalue weighted by Crippen LogP contribution is -2.57. The first-order valence-electron chi connectivity index (χ1n) is 5.42. The molecule has 3 N–H and O–H groups in total. The summed E-state index contributed by atoms with van der Waals surface area (Å²) in [7, 11) is 0. The molecule has 14 heavy (non-hydrogen) atoms. The molecular weight excluding hydrogens is 176 g/mol. The molecule has 0 aromatic heterocycles. The van der Waals surface area contributed by atoms with Gasteiger partial charge in [0, 0.05) is 5.54 Å². The van der Waals surface area contributed by atoms with Crippen LogP contribution in [0.25, 0.3) is 0 Å². The number of hydrogen-bond acceptors (Lipinski definition) is 2. The molecule has 0 rings (SSSR count). The van der Waals surface area contributed by atoms with Gasteiger partial charge in [0.25, 0.3) is 0 Å². The summed E-state index contributed by atoms with van der Waals surface area (Å²) in [5, 5.41) is 3.06. The summed E-state index contributed by atoms with van der Waals surface area (Å²) in [6.45, 7) is 9.74. The molecule has 0 fully saturated rings. The van der Waals surface area contributed by atoms with Crippen molar-refractivity contribution >= 4 is 5.91 Å². The van der Waals surface area contributed by atoms with Crippen LogP contribution in [0.4, 0.5) is 0 Å². The van der Waals surface area contributed by atoms with Crippen LogP contribution in [0, 0.1) is 0 Å². The standard InChI is InChI=1S/C11H24N2O/c1-6-11(7-2,8-3)13-9(14)10(4,5)12/h6-8,12H2,1-5H3,(H,13,14). The van der Waals surface area contributed by atoms with Crippen LogP contribution in [0.5, 0.6) is 0 Å². The van der Waals surface area contributed by atoms with Crippen molar-refractivity contribution in [1.29, 1.82) is 0 Å². The lowest BCUT2D eigenvalue weighted by atomic mass is 9.88. The fraction of sp³-hybridized carbons (Fsp3) is 0.909. The Morgan fingerprint density at radius 3 is 1.71 bits per heavy atom. The molecule has 0 saturated heterocycles. The topological polar surface area (TPSA) is 55.1 Å². The number of hydrogen-bond donors (Lipinski definition) is 2. The lowest BCUT2D eigenvalue weighted by molar-refractivity contribution is -0.127. The van der Waals surface area contributed by atoms with Crippen LogP contribution in [-0.4, -0.2) is 17.0 Å². The lowest BCUT2D eigenvalue weighted by Gasteiger charge is -2.34. The van der Waals surface area contributed by atoms with E-state index in [-0.39, 0.29) is 11.4 Å². The third kappa shape index (κ3) is 3.29. The monoisotopic (exact) mass is 200 g/mol. The molecule has 0 aromatic carbocycles. The second-order valence-corrected chi connectivity index (χ2v) is 4.52. The highest BCUT2D eigenvalue weighted by atomic mass is 16.2. The molecule has 0 unspecified atom stereocenters. The summed E-state index contributed by atoms with van der Waals surface area (Å²) >= 11 is 0. The Morgan fingerprint density at radius 1 is 1.14 bits per heavy atom. The first kappa shape index (κ1) is 13.4. The quantitative estimate of drug-likeness (QED) is 0.711. The van der Waals surface area contributed by atoms with E-state index in [0.29, 0.717) is 0 Å². The molecule has 1 amide bonds. The van der Waals surface area contributed by atoms with Gasteiger partial charge in [-0.2, -0.15) is 0 Å². The van der Waals surface area contributed by atoms with E-state index in [9.17, 15) is 4.79 Å².